The lowest BCUT2D eigenvalue weighted by molar-refractivity contribution is -0.131. The van der Waals surface area contributed by atoms with Gasteiger partial charge in [0.25, 0.3) is 0 Å². The highest BCUT2D eigenvalue weighted by molar-refractivity contribution is 5.84. The van der Waals surface area contributed by atoms with Gasteiger partial charge in [-0.2, -0.15) is 0 Å². The van der Waals surface area contributed by atoms with Gasteiger partial charge in [0.1, 0.15) is 0 Å². The molecule has 1 aliphatic heterocycles. The summed E-state index contributed by atoms with van der Waals surface area (Å²) in [5.41, 5.74) is 0. The van der Waals surface area contributed by atoms with Crippen molar-refractivity contribution in [3.63, 3.8) is 0 Å². The first-order chi connectivity index (χ1) is 7.47. The Balaban J connectivity index is 2.55. The molecule has 0 bridgehead atoms. The van der Waals surface area contributed by atoms with Crippen LogP contribution in [0.4, 0.5) is 0 Å². The van der Waals surface area contributed by atoms with E-state index >= 15 is 0 Å². The van der Waals surface area contributed by atoms with Gasteiger partial charge in [0.15, 0.2) is 0 Å². The van der Waals surface area contributed by atoms with Crippen molar-refractivity contribution in [1.29, 1.82) is 0 Å². The number of hydrogen-bond acceptors (Lipinski definition) is 2. The Labute approximate surface area is 99.6 Å². The van der Waals surface area contributed by atoms with Gasteiger partial charge >= 0.3 is 0 Å². The average molecular weight is 226 g/mol. The first-order valence-electron chi connectivity index (χ1n) is 6.55. The van der Waals surface area contributed by atoms with Crippen molar-refractivity contribution in [3.8, 4) is 0 Å². The summed E-state index contributed by atoms with van der Waals surface area (Å²) in [7, 11) is 0. The molecule has 0 spiro atoms. The first kappa shape index (κ1) is 13.5. The Morgan fingerprint density at radius 1 is 1.31 bits per heavy atom. The van der Waals surface area contributed by atoms with Gasteiger partial charge < -0.3 is 4.90 Å². The van der Waals surface area contributed by atoms with E-state index in [1.165, 1.54) is 6.42 Å². The lowest BCUT2D eigenvalue weighted by Crippen LogP contribution is -2.41. The van der Waals surface area contributed by atoms with Crippen LogP contribution in [0.25, 0.3) is 0 Å². The van der Waals surface area contributed by atoms with Gasteiger partial charge in [0, 0.05) is 6.04 Å². The maximum atomic E-state index is 12.1. The standard InChI is InChI=1S/C13H26N2O/c1-6-12-13(16)15(11(5)14-12)10(4)8-7-9(2)3/h9-12,14H,6-8H2,1-5H3. The molecule has 0 radical (unpaired) electrons. The van der Waals surface area contributed by atoms with Gasteiger partial charge in [-0.1, -0.05) is 20.8 Å². The van der Waals surface area contributed by atoms with Crippen molar-refractivity contribution < 1.29 is 4.79 Å². The van der Waals surface area contributed by atoms with E-state index in [0.29, 0.717) is 12.0 Å². The highest BCUT2D eigenvalue weighted by atomic mass is 16.2. The van der Waals surface area contributed by atoms with E-state index in [2.05, 4.69) is 39.9 Å². The van der Waals surface area contributed by atoms with Crippen molar-refractivity contribution in [1.82, 2.24) is 10.2 Å². The summed E-state index contributed by atoms with van der Waals surface area (Å²) in [6, 6.07) is 0.394. The zero-order valence-electron chi connectivity index (χ0n) is 11.3. The molecule has 3 heteroatoms. The molecule has 16 heavy (non-hydrogen) atoms. The van der Waals surface area contributed by atoms with Gasteiger partial charge in [-0.05, 0) is 39.0 Å². The molecule has 1 N–H and O–H groups in total. The predicted molar refractivity (Wildman–Crippen MR) is 67.1 cm³/mol. The van der Waals surface area contributed by atoms with Crippen LogP contribution in [-0.2, 0) is 4.79 Å². The van der Waals surface area contributed by atoms with Crippen LogP contribution in [0.2, 0.25) is 0 Å². The molecular formula is C13H26N2O. The molecule has 3 nitrogen and oxygen atoms in total. The predicted octanol–water partition coefficient (Wildman–Crippen LogP) is 2.37. The minimum atomic E-state index is 0.0384. The van der Waals surface area contributed by atoms with Crippen LogP contribution in [0.3, 0.4) is 0 Å². The molecule has 0 aromatic carbocycles. The molecule has 0 aromatic heterocycles. The molecule has 3 atom stereocenters. The summed E-state index contributed by atoms with van der Waals surface area (Å²) in [6.07, 6.45) is 3.37. The van der Waals surface area contributed by atoms with Crippen molar-refractivity contribution in [2.75, 3.05) is 0 Å². The van der Waals surface area contributed by atoms with Crippen LogP contribution in [0.5, 0.6) is 0 Å². The fourth-order valence-electron chi connectivity index (χ4n) is 2.42. The highest BCUT2D eigenvalue weighted by Crippen LogP contribution is 2.20. The minimum absolute atomic E-state index is 0.0384. The van der Waals surface area contributed by atoms with E-state index in [1.54, 1.807) is 0 Å². The molecule has 1 fully saturated rings. The molecule has 0 saturated carbocycles. The fourth-order valence-corrected chi connectivity index (χ4v) is 2.42. The molecule has 1 saturated heterocycles. The van der Waals surface area contributed by atoms with Gasteiger partial charge in [0.2, 0.25) is 5.91 Å². The third-order valence-corrected chi connectivity index (χ3v) is 3.46. The smallest absolute Gasteiger partial charge is 0.241 e. The lowest BCUT2D eigenvalue weighted by Gasteiger charge is -2.28. The molecule has 1 heterocycles. The van der Waals surface area contributed by atoms with Crippen LogP contribution in [-0.4, -0.2) is 29.1 Å². The largest absolute Gasteiger partial charge is 0.323 e. The van der Waals surface area contributed by atoms with E-state index in [0.717, 1.165) is 12.8 Å². The first-order valence-corrected chi connectivity index (χ1v) is 6.55. The lowest BCUT2D eigenvalue weighted by atomic mass is 10.0. The Morgan fingerprint density at radius 3 is 2.38 bits per heavy atom. The van der Waals surface area contributed by atoms with Crippen LogP contribution in [0.1, 0.15) is 53.9 Å². The normalized spacial score (nSPS) is 27.9. The summed E-state index contributed by atoms with van der Waals surface area (Å²) in [6.45, 7) is 10.8. The molecule has 0 aromatic rings. The number of rotatable bonds is 5. The van der Waals surface area contributed by atoms with Crippen LogP contribution < -0.4 is 5.32 Å². The van der Waals surface area contributed by atoms with Crippen molar-refractivity contribution in [2.45, 2.75) is 72.1 Å². The number of carbonyl (C=O) groups excluding carboxylic acids is 1. The minimum Gasteiger partial charge on any atom is -0.323 e. The summed E-state index contributed by atoms with van der Waals surface area (Å²) in [5.74, 6) is 0.997. The van der Waals surface area contributed by atoms with E-state index < -0.39 is 0 Å². The number of nitrogens with one attached hydrogen (secondary N) is 1. The molecule has 94 valence electrons. The Bertz CT molecular complexity index is 240. The maximum absolute atomic E-state index is 12.1. The second-order valence-corrected chi connectivity index (χ2v) is 5.37. The Hall–Kier alpha value is -0.570. The third kappa shape index (κ3) is 2.97. The number of nitrogens with zero attached hydrogens (tertiary/aromatic N) is 1. The SMILES string of the molecule is CCC1NC(C)N(C(C)CCC(C)C)C1=O. The Morgan fingerprint density at radius 2 is 1.94 bits per heavy atom. The molecule has 0 aliphatic carbocycles. The zero-order valence-corrected chi connectivity index (χ0v) is 11.3. The molecule has 1 aliphatic rings. The van der Waals surface area contributed by atoms with Crippen LogP contribution in [0, 0.1) is 5.92 Å². The van der Waals surface area contributed by atoms with Gasteiger partial charge in [-0.3, -0.25) is 10.1 Å². The monoisotopic (exact) mass is 226 g/mol. The van der Waals surface area contributed by atoms with E-state index in [-0.39, 0.29) is 18.1 Å². The van der Waals surface area contributed by atoms with Gasteiger partial charge in [-0.15, -0.1) is 0 Å². The Kier molecular flexibility index (Phi) is 4.78. The fraction of sp³-hybridized carbons (Fsp3) is 0.923. The maximum Gasteiger partial charge on any atom is 0.241 e. The second-order valence-electron chi connectivity index (χ2n) is 5.37. The molecular weight excluding hydrogens is 200 g/mol. The van der Waals surface area contributed by atoms with Crippen LogP contribution >= 0.6 is 0 Å². The third-order valence-electron chi connectivity index (χ3n) is 3.46. The summed E-state index contributed by atoms with van der Waals surface area (Å²) < 4.78 is 0. The second kappa shape index (κ2) is 5.67. The van der Waals surface area contributed by atoms with E-state index in [1.807, 2.05) is 4.90 Å². The summed E-state index contributed by atoms with van der Waals surface area (Å²) in [5, 5.41) is 3.35. The van der Waals surface area contributed by atoms with E-state index in [9.17, 15) is 4.79 Å². The van der Waals surface area contributed by atoms with Gasteiger partial charge in [-0.25, -0.2) is 0 Å². The molecule has 3 unspecified atom stereocenters. The summed E-state index contributed by atoms with van der Waals surface area (Å²) >= 11 is 0. The van der Waals surface area contributed by atoms with Crippen molar-refractivity contribution in [2.24, 2.45) is 5.92 Å². The number of hydrogen-bond donors (Lipinski definition) is 1. The number of amides is 1. The number of carbonyl (C=O) groups is 1. The average Bonchev–Trinajstić information content (AvgIpc) is 2.50. The topological polar surface area (TPSA) is 32.3 Å². The van der Waals surface area contributed by atoms with Crippen molar-refractivity contribution in [3.05, 3.63) is 0 Å². The summed E-state index contributed by atoms with van der Waals surface area (Å²) in [4.78, 5) is 14.1. The highest BCUT2D eigenvalue weighted by Gasteiger charge is 2.37. The molecule has 1 rings (SSSR count). The van der Waals surface area contributed by atoms with Gasteiger partial charge in [0.05, 0.1) is 12.2 Å². The zero-order chi connectivity index (χ0) is 12.3. The van der Waals surface area contributed by atoms with Crippen LogP contribution in [0.15, 0.2) is 0 Å². The molecule has 1 amide bonds. The van der Waals surface area contributed by atoms with Crippen molar-refractivity contribution >= 4 is 5.91 Å². The van der Waals surface area contributed by atoms with E-state index in [4.69, 9.17) is 0 Å². The quantitative estimate of drug-likeness (QED) is 0.780.